The van der Waals surface area contributed by atoms with Crippen molar-refractivity contribution in [1.82, 2.24) is 0 Å². The molecule has 0 aromatic carbocycles. The van der Waals surface area contributed by atoms with Crippen molar-refractivity contribution in [3.05, 3.63) is 36.7 Å². The van der Waals surface area contributed by atoms with Gasteiger partial charge in [0, 0.05) is 0 Å². The van der Waals surface area contributed by atoms with Gasteiger partial charge in [-0.3, -0.25) is 0 Å². The lowest BCUT2D eigenvalue weighted by Crippen LogP contribution is -1.96. The molecule has 0 radical (unpaired) electrons. The first-order chi connectivity index (χ1) is 6.11. The number of allylic oxidation sites excluding steroid dienone is 4. The van der Waals surface area contributed by atoms with Crippen LogP contribution in [0.15, 0.2) is 36.7 Å². The maximum Gasteiger partial charge on any atom is 0.119 e. The Kier molecular flexibility index (Phi) is 6.21. The summed E-state index contributed by atoms with van der Waals surface area (Å²) in [5.74, 6) is 0.187. The van der Waals surface area contributed by atoms with Crippen LogP contribution in [-0.2, 0) is 0 Å². The van der Waals surface area contributed by atoms with Crippen LogP contribution in [0.2, 0.25) is 0 Å². The van der Waals surface area contributed by atoms with E-state index in [1.807, 2.05) is 0 Å². The largest absolute Gasteiger partial charge is 0.207 e. The molecule has 0 aliphatic heterocycles. The highest BCUT2D eigenvalue weighted by Crippen LogP contribution is 2.21. The van der Waals surface area contributed by atoms with Crippen LogP contribution in [0.3, 0.4) is 0 Å². The fraction of sp³-hybridized carbons (Fsp3) is 0.500. The molecular weight excluding hydrogens is 163 g/mol. The molecule has 0 nitrogen and oxygen atoms in total. The molecule has 74 valence electrons. The zero-order valence-electron chi connectivity index (χ0n) is 8.65. The number of rotatable bonds is 6. The molecule has 0 bridgehead atoms. The van der Waals surface area contributed by atoms with Crippen LogP contribution < -0.4 is 0 Å². The Balaban J connectivity index is 4.18. The van der Waals surface area contributed by atoms with E-state index in [0.29, 0.717) is 11.5 Å². The smallest absolute Gasteiger partial charge is 0.119 e. The molecule has 1 atom stereocenters. The van der Waals surface area contributed by atoms with Crippen LogP contribution in [0, 0.1) is 5.92 Å². The molecule has 0 spiro atoms. The Hall–Kier alpha value is -0.850. The third-order valence-electron chi connectivity index (χ3n) is 2.02. The van der Waals surface area contributed by atoms with E-state index in [0.717, 1.165) is 19.3 Å². The molecule has 0 aliphatic carbocycles. The van der Waals surface area contributed by atoms with Crippen molar-refractivity contribution in [2.75, 3.05) is 0 Å². The average Bonchev–Trinajstić information content (AvgIpc) is 2.04. The van der Waals surface area contributed by atoms with E-state index in [1.54, 1.807) is 12.2 Å². The summed E-state index contributed by atoms with van der Waals surface area (Å²) >= 11 is 0. The van der Waals surface area contributed by atoms with E-state index in [4.69, 9.17) is 0 Å². The lowest BCUT2D eigenvalue weighted by atomic mass is 9.96. The monoisotopic (exact) mass is 182 g/mol. The molecule has 0 fully saturated rings. The van der Waals surface area contributed by atoms with E-state index >= 15 is 0 Å². The van der Waals surface area contributed by atoms with E-state index in [1.165, 1.54) is 0 Å². The van der Waals surface area contributed by atoms with Gasteiger partial charge in [-0.1, -0.05) is 52.0 Å². The summed E-state index contributed by atoms with van der Waals surface area (Å²) in [6.07, 6.45) is 6.34. The summed E-state index contributed by atoms with van der Waals surface area (Å²) in [4.78, 5) is 0. The predicted molar refractivity (Wildman–Crippen MR) is 57.2 cm³/mol. The third kappa shape index (κ3) is 5.40. The van der Waals surface area contributed by atoms with Crippen LogP contribution in [0.25, 0.3) is 0 Å². The SMILES string of the molecule is C=C/C=C(/CC(C)CCC)C(=C)F. The molecule has 0 aliphatic rings. The van der Waals surface area contributed by atoms with Crippen LogP contribution >= 0.6 is 0 Å². The Labute approximate surface area is 80.9 Å². The van der Waals surface area contributed by atoms with Gasteiger partial charge in [0.25, 0.3) is 0 Å². The zero-order chi connectivity index (χ0) is 10.3. The molecule has 0 saturated carbocycles. The van der Waals surface area contributed by atoms with Crippen molar-refractivity contribution in [1.29, 1.82) is 0 Å². The maximum atomic E-state index is 12.8. The van der Waals surface area contributed by atoms with Crippen LogP contribution in [-0.4, -0.2) is 0 Å². The van der Waals surface area contributed by atoms with Gasteiger partial charge >= 0.3 is 0 Å². The van der Waals surface area contributed by atoms with Crippen molar-refractivity contribution in [2.24, 2.45) is 5.92 Å². The van der Waals surface area contributed by atoms with Gasteiger partial charge in [0.2, 0.25) is 0 Å². The Morgan fingerprint density at radius 3 is 2.54 bits per heavy atom. The summed E-state index contributed by atoms with van der Waals surface area (Å²) < 4.78 is 12.8. The molecule has 0 rings (SSSR count). The van der Waals surface area contributed by atoms with Gasteiger partial charge < -0.3 is 0 Å². The van der Waals surface area contributed by atoms with Gasteiger partial charge in [0.15, 0.2) is 0 Å². The molecule has 0 aromatic heterocycles. The molecule has 13 heavy (non-hydrogen) atoms. The summed E-state index contributed by atoms with van der Waals surface area (Å²) in [5.41, 5.74) is 0.677. The Bertz CT molecular complexity index is 201. The second-order valence-electron chi connectivity index (χ2n) is 3.43. The van der Waals surface area contributed by atoms with Gasteiger partial charge in [0.05, 0.1) is 0 Å². The molecule has 0 N–H and O–H groups in total. The molecule has 0 amide bonds. The fourth-order valence-corrected chi connectivity index (χ4v) is 1.38. The summed E-state index contributed by atoms with van der Waals surface area (Å²) in [7, 11) is 0. The van der Waals surface area contributed by atoms with Crippen LogP contribution in [0.1, 0.15) is 33.1 Å². The summed E-state index contributed by atoms with van der Waals surface area (Å²) in [6.45, 7) is 11.1. The predicted octanol–water partition coefficient (Wildman–Crippen LogP) is 4.41. The zero-order valence-corrected chi connectivity index (χ0v) is 8.65. The van der Waals surface area contributed by atoms with Crippen LogP contribution in [0.4, 0.5) is 4.39 Å². The quantitative estimate of drug-likeness (QED) is 0.534. The van der Waals surface area contributed by atoms with E-state index in [9.17, 15) is 4.39 Å². The second kappa shape index (κ2) is 6.64. The highest BCUT2D eigenvalue weighted by atomic mass is 19.1. The maximum absolute atomic E-state index is 12.8. The van der Waals surface area contributed by atoms with E-state index < -0.39 is 0 Å². The van der Waals surface area contributed by atoms with Gasteiger partial charge in [-0.2, -0.15) is 0 Å². The summed E-state index contributed by atoms with van der Waals surface area (Å²) in [6, 6.07) is 0. The first kappa shape index (κ1) is 12.2. The molecular formula is C12H19F. The standard InChI is InChI=1S/C12H19F/c1-5-7-10(3)9-12(8-6-2)11(4)13/h6,8,10H,2,4-5,7,9H2,1,3H3/b12-8-. The van der Waals surface area contributed by atoms with Crippen LogP contribution in [0.5, 0.6) is 0 Å². The normalized spacial score (nSPS) is 13.9. The first-order valence-corrected chi connectivity index (χ1v) is 4.78. The van der Waals surface area contributed by atoms with Gasteiger partial charge in [-0.25, -0.2) is 4.39 Å². The second-order valence-corrected chi connectivity index (χ2v) is 3.43. The highest BCUT2D eigenvalue weighted by molar-refractivity contribution is 5.26. The van der Waals surface area contributed by atoms with Crippen molar-refractivity contribution >= 4 is 0 Å². The number of hydrogen-bond acceptors (Lipinski definition) is 0. The average molecular weight is 182 g/mol. The summed E-state index contributed by atoms with van der Waals surface area (Å²) in [5, 5.41) is 0. The van der Waals surface area contributed by atoms with Gasteiger partial charge in [-0.05, 0) is 17.9 Å². The van der Waals surface area contributed by atoms with E-state index in [-0.39, 0.29) is 5.83 Å². The topological polar surface area (TPSA) is 0 Å². The van der Waals surface area contributed by atoms with Gasteiger partial charge in [0.1, 0.15) is 5.83 Å². The van der Waals surface area contributed by atoms with Crippen molar-refractivity contribution < 1.29 is 4.39 Å². The Morgan fingerprint density at radius 2 is 2.15 bits per heavy atom. The molecule has 0 heterocycles. The van der Waals surface area contributed by atoms with Crippen molar-refractivity contribution in [3.8, 4) is 0 Å². The molecule has 0 aromatic rings. The number of hydrogen-bond donors (Lipinski definition) is 0. The third-order valence-corrected chi connectivity index (χ3v) is 2.02. The van der Waals surface area contributed by atoms with Gasteiger partial charge in [-0.15, -0.1) is 0 Å². The minimum Gasteiger partial charge on any atom is -0.207 e. The Morgan fingerprint density at radius 1 is 1.54 bits per heavy atom. The highest BCUT2D eigenvalue weighted by Gasteiger charge is 2.06. The minimum atomic E-state index is -0.331. The van der Waals surface area contributed by atoms with Crippen molar-refractivity contribution in [3.63, 3.8) is 0 Å². The molecule has 1 heteroatoms. The molecule has 0 saturated heterocycles. The van der Waals surface area contributed by atoms with E-state index in [2.05, 4.69) is 27.0 Å². The fourth-order valence-electron chi connectivity index (χ4n) is 1.38. The van der Waals surface area contributed by atoms with Crippen molar-refractivity contribution in [2.45, 2.75) is 33.1 Å². The molecule has 1 unspecified atom stereocenters. The first-order valence-electron chi connectivity index (χ1n) is 4.78. The lowest BCUT2D eigenvalue weighted by Gasteiger charge is -2.11. The lowest BCUT2D eigenvalue weighted by molar-refractivity contribution is 0.508. The number of halogens is 1. The minimum absolute atomic E-state index is 0.331.